The molecule has 102 valence electrons. The van der Waals surface area contributed by atoms with Gasteiger partial charge in [-0.1, -0.05) is 30.8 Å². The smallest absolute Gasteiger partial charge is 0.172 e. The topological polar surface area (TPSA) is 29.9 Å². The highest BCUT2D eigenvalue weighted by molar-refractivity contribution is 7.99. The Hall–Kier alpha value is -1.26. The number of rotatable bonds is 6. The van der Waals surface area contributed by atoms with Crippen LogP contribution in [0, 0.1) is 6.92 Å². The summed E-state index contributed by atoms with van der Waals surface area (Å²) in [5, 5.41) is 4.46. The molecule has 0 aliphatic carbocycles. The van der Waals surface area contributed by atoms with Gasteiger partial charge in [-0.15, -0.1) is 0 Å². The number of benzene rings is 1. The van der Waals surface area contributed by atoms with Crippen molar-refractivity contribution in [1.29, 1.82) is 0 Å². The molecule has 0 saturated carbocycles. The molecular weight excluding hydrogens is 254 g/mol. The molecule has 0 radical (unpaired) electrons. The van der Waals surface area contributed by atoms with E-state index in [1.54, 1.807) is 11.8 Å². The first-order valence-corrected chi connectivity index (χ1v) is 7.47. The van der Waals surface area contributed by atoms with Crippen molar-refractivity contribution in [2.75, 3.05) is 6.54 Å². The van der Waals surface area contributed by atoms with Gasteiger partial charge in [0.25, 0.3) is 0 Å². The maximum atomic E-state index is 4.35. The fourth-order valence-corrected chi connectivity index (χ4v) is 2.77. The summed E-state index contributed by atoms with van der Waals surface area (Å²) in [5.41, 5.74) is 2.65. The molecule has 19 heavy (non-hydrogen) atoms. The molecule has 0 fully saturated rings. The second-order valence-corrected chi connectivity index (χ2v) is 5.71. The summed E-state index contributed by atoms with van der Waals surface area (Å²) in [6.07, 6.45) is 4.98. The lowest BCUT2D eigenvalue weighted by Gasteiger charge is -2.09. The zero-order valence-electron chi connectivity index (χ0n) is 11.8. The molecule has 1 heterocycles. The number of aromatic nitrogens is 2. The molecule has 0 spiro atoms. The molecule has 0 bridgehead atoms. The van der Waals surface area contributed by atoms with Crippen molar-refractivity contribution in [3.05, 3.63) is 41.7 Å². The Balaban J connectivity index is 2.05. The van der Waals surface area contributed by atoms with E-state index in [4.69, 9.17) is 0 Å². The summed E-state index contributed by atoms with van der Waals surface area (Å²) in [7, 11) is 2.02. The number of imidazole rings is 1. The molecule has 0 atom stereocenters. The van der Waals surface area contributed by atoms with Crippen molar-refractivity contribution >= 4 is 11.8 Å². The van der Waals surface area contributed by atoms with E-state index in [-0.39, 0.29) is 0 Å². The van der Waals surface area contributed by atoms with Gasteiger partial charge in [0.15, 0.2) is 5.16 Å². The first kappa shape index (κ1) is 14.2. The van der Waals surface area contributed by atoms with E-state index in [2.05, 4.69) is 42.3 Å². The Morgan fingerprint density at radius 1 is 1.37 bits per heavy atom. The van der Waals surface area contributed by atoms with Crippen LogP contribution >= 0.6 is 11.8 Å². The Bertz CT molecular complexity index is 534. The van der Waals surface area contributed by atoms with E-state index in [1.165, 1.54) is 22.4 Å². The summed E-state index contributed by atoms with van der Waals surface area (Å²) < 4.78 is 2.04. The van der Waals surface area contributed by atoms with Gasteiger partial charge in [0.05, 0.1) is 0 Å². The van der Waals surface area contributed by atoms with Crippen LogP contribution in [0.3, 0.4) is 0 Å². The van der Waals surface area contributed by atoms with Gasteiger partial charge in [0.2, 0.25) is 0 Å². The van der Waals surface area contributed by atoms with Crippen LogP contribution < -0.4 is 5.32 Å². The third-order valence-electron chi connectivity index (χ3n) is 2.97. The zero-order chi connectivity index (χ0) is 13.7. The van der Waals surface area contributed by atoms with Gasteiger partial charge in [-0.05, 0) is 37.1 Å². The van der Waals surface area contributed by atoms with Crippen LogP contribution in [0.1, 0.15) is 24.5 Å². The molecule has 3 nitrogen and oxygen atoms in total. The number of hydrogen-bond donors (Lipinski definition) is 1. The molecule has 1 aromatic carbocycles. The normalized spacial score (nSPS) is 10.9. The number of aryl methyl sites for hydroxylation is 2. The fraction of sp³-hybridized carbons (Fsp3) is 0.400. The highest BCUT2D eigenvalue weighted by Crippen LogP contribution is 2.29. The lowest BCUT2D eigenvalue weighted by Crippen LogP contribution is -2.13. The summed E-state index contributed by atoms with van der Waals surface area (Å²) in [4.78, 5) is 5.62. The van der Waals surface area contributed by atoms with E-state index < -0.39 is 0 Å². The van der Waals surface area contributed by atoms with Crippen LogP contribution in [-0.2, 0) is 13.6 Å². The van der Waals surface area contributed by atoms with E-state index in [1.807, 2.05) is 24.0 Å². The summed E-state index contributed by atoms with van der Waals surface area (Å²) in [5.74, 6) is 0. The van der Waals surface area contributed by atoms with Gasteiger partial charge in [0.1, 0.15) is 0 Å². The minimum absolute atomic E-state index is 0.946. The minimum atomic E-state index is 0.946. The molecule has 0 amide bonds. The average molecular weight is 275 g/mol. The van der Waals surface area contributed by atoms with Crippen LogP contribution in [0.2, 0.25) is 0 Å². The maximum absolute atomic E-state index is 4.35. The zero-order valence-corrected chi connectivity index (χ0v) is 12.6. The quantitative estimate of drug-likeness (QED) is 0.820. The van der Waals surface area contributed by atoms with Gasteiger partial charge >= 0.3 is 0 Å². The van der Waals surface area contributed by atoms with Crippen molar-refractivity contribution in [2.24, 2.45) is 7.05 Å². The second kappa shape index (κ2) is 6.78. The van der Waals surface area contributed by atoms with Crippen molar-refractivity contribution in [1.82, 2.24) is 14.9 Å². The molecule has 0 saturated heterocycles. The highest BCUT2D eigenvalue weighted by atomic mass is 32.2. The van der Waals surface area contributed by atoms with Crippen molar-refractivity contribution in [2.45, 2.75) is 36.9 Å². The Morgan fingerprint density at radius 2 is 2.21 bits per heavy atom. The first-order chi connectivity index (χ1) is 9.20. The lowest BCUT2D eigenvalue weighted by atomic mass is 10.1. The van der Waals surface area contributed by atoms with Gasteiger partial charge in [-0.2, -0.15) is 0 Å². The number of hydrogen-bond acceptors (Lipinski definition) is 3. The largest absolute Gasteiger partial charge is 0.329 e. The summed E-state index contributed by atoms with van der Waals surface area (Å²) >= 11 is 1.72. The molecule has 4 heteroatoms. The van der Waals surface area contributed by atoms with Crippen molar-refractivity contribution < 1.29 is 0 Å². The van der Waals surface area contributed by atoms with Crippen LogP contribution in [0.4, 0.5) is 0 Å². The van der Waals surface area contributed by atoms with E-state index >= 15 is 0 Å². The van der Waals surface area contributed by atoms with Gasteiger partial charge in [0, 0.05) is 30.9 Å². The maximum Gasteiger partial charge on any atom is 0.172 e. The third-order valence-corrected chi connectivity index (χ3v) is 4.23. The Kier molecular flexibility index (Phi) is 5.05. The van der Waals surface area contributed by atoms with Crippen molar-refractivity contribution in [3.63, 3.8) is 0 Å². The molecule has 0 aliphatic heterocycles. The van der Waals surface area contributed by atoms with Gasteiger partial charge in [-0.3, -0.25) is 0 Å². The Labute approximate surface area is 119 Å². The molecule has 2 rings (SSSR count). The first-order valence-electron chi connectivity index (χ1n) is 6.66. The van der Waals surface area contributed by atoms with Gasteiger partial charge < -0.3 is 9.88 Å². The van der Waals surface area contributed by atoms with E-state index in [0.29, 0.717) is 0 Å². The van der Waals surface area contributed by atoms with Crippen LogP contribution in [0.25, 0.3) is 0 Å². The predicted octanol–water partition coefficient (Wildman–Crippen LogP) is 3.38. The highest BCUT2D eigenvalue weighted by Gasteiger charge is 2.06. The van der Waals surface area contributed by atoms with E-state index in [0.717, 1.165) is 18.2 Å². The van der Waals surface area contributed by atoms with Crippen LogP contribution in [-0.4, -0.2) is 16.1 Å². The lowest BCUT2D eigenvalue weighted by molar-refractivity contribution is 0.675. The predicted molar refractivity (Wildman–Crippen MR) is 80.5 cm³/mol. The average Bonchev–Trinajstić information content (AvgIpc) is 2.79. The van der Waals surface area contributed by atoms with Gasteiger partial charge in [-0.25, -0.2) is 4.98 Å². The number of nitrogens with zero attached hydrogens (tertiary/aromatic N) is 2. The SMILES string of the molecule is CCCNCc1ccc(Sc2nccn2C)c(C)c1. The molecule has 0 unspecified atom stereocenters. The van der Waals surface area contributed by atoms with E-state index in [9.17, 15) is 0 Å². The van der Waals surface area contributed by atoms with Crippen LogP contribution in [0.15, 0.2) is 40.6 Å². The fourth-order valence-electron chi connectivity index (χ4n) is 1.89. The molecule has 1 aromatic heterocycles. The second-order valence-electron chi connectivity index (χ2n) is 4.70. The monoisotopic (exact) mass is 275 g/mol. The molecule has 1 N–H and O–H groups in total. The molecule has 0 aliphatic rings. The minimum Gasteiger partial charge on any atom is -0.329 e. The van der Waals surface area contributed by atoms with Crippen molar-refractivity contribution in [3.8, 4) is 0 Å². The van der Waals surface area contributed by atoms with Crippen LogP contribution in [0.5, 0.6) is 0 Å². The summed E-state index contributed by atoms with van der Waals surface area (Å²) in [6, 6.07) is 6.65. The molecular formula is C15H21N3S. The number of nitrogens with one attached hydrogen (secondary N) is 1. The molecule has 2 aromatic rings. The third kappa shape index (κ3) is 3.85. The Morgan fingerprint density at radius 3 is 2.84 bits per heavy atom. The standard InChI is InChI=1S/C15H21N3S/c1-4-7-16-11-13-5-6-14(12(2)10-13)19-15-17-8-9-18(15)3/h5-6,8-10,16H,4,7,11H2,1-3H3. The summed E-state index contributed by atoms with van der Waals surface area (Å²) in [6.45, 7) is 6.37.